The van der Waals surface area contributed by atoms with E-state index in [4.69, 9.17) is 26.1 Å². The van der Waals surface area contributed by atoms with E-state index in [0.29, 0.717) is 5.92 Å². The van der Waals surface area contributed by atoms with Gasteiger partial charge < -0.3 is 20.1 Å². The predicted molar refractivity (Wildman–Crippen MR) is 131 cm³/mol. The summed E-state index contributed by atoms with van der Waals surface area (Å²) in [6.45, 7) is 8.06. The van der Waals surface area contributed by atoms with Gasteiger partial charge in [0.15, 0.2) is 5.96 Å². The van der Waals surface area contributed by atoms with Gasteiger partial charge in [0.05, 0.1) is 6.54 Å². The van der Waals surface area contributed by atoms with Crippen molar-refractivity contribution in [2.75, 3.05) is 46.1 Å². The van der Waals surface area contributed by atoms with E-state index in [1.165, 1.54) is 18.4 Å². The third-order valence-corrected chi connectivity index (χ3v) is 5.90. The second kappa shape index (κ2) is 13.0. The Balaban J connectivity index is 0.00000300. The lowest BCUT2D eigenvalue weighted by Gasteiger charge is -2.21. The summed E-state index contributed by atoms with van der Waals surface area (Å²) in [5.74, 6) is 1.57. The van der Waals surface area contributed by atoms with Crippen LogP contribution in [-0.4, -0.2) is 52.0 Å². The van der Waals surface area contributed by atoms with E-state index in [2.05, 4.69) is 29.7 Å². The van der Waals surface area contributed by atoms with Crippen LogP contribution in [0.5, 0.6) is 0 Å². The summed E-state index contributed by atoms with van der Waals surface area (Å²) in [6.07, 6.45) is 5.63. The lowest BCUT2D eigenvalue weighted by Crippen LogP contribution is -2.38. The highest BCUT2D eigenvalue weighted by molar-refractivity contribution is 14.0. The normalized spacial score (nSPS) is 18.8. The molecule has 0 bridgehead atoms. The molecular formula is C22H35ClIN3O2. The van der Waals surface area contributed by atoms with Crippen LogP contribution in [0.25, 0.3) is 0 Å². The summed E-state index contributed by atoms with van der Waals surface area (Å²) in [5, 5.41) is 7.58. The van der Waals surface area contributed by atoms with Crippen LogP contribution in [0, 0.1) is 5.92 Å². The first-order chi connectivity index (χ1) is 13.7. The zero-order chi connectivity index (χ0) is 19.7. The van der Waals surface area contributed by atoms with Gasteiger partial charge in [-0.25, -0.2) is 0 Å². The van der Waals surface area contributed by atoms with Gasteiger partial charge in [0.1, 0.15) is 0 Å². The van der Waals surface area contributed by atoms with Gasteiger partial charge in [0.2, 0.25) is 0 Å². The van der Waals surface area contributed by atoms with E-state index < -0.39 is 0 Å². The molecule has 1 aliphatic carbocycles. The van der Waals surface area contributed by atoms with Crippen molar-refractivity contribution < 1.29 is 9.47 Å². The highest BCUT2D eigenvalue weighted by atomic mass is 127. The van der Waals surface area contributed by atoms with Crippen molar-refractivity contribution in [3.63, 3.8) is 0 Å². The highest BCUT2D eigenvalue weighted by Gasteiger charge is 2.44. The summed E-state index contributed by atoms with van der Waals surface area (Å²) < 4.78 is 11.2. The van der Waals surface area contributed by atoms with Crippen molar-refractivity contribution in [3.8, 4) is 0 Å². The molecule has 1 saturated heterocycles. The van der Waals surface area contributed by atoms with Gasteiger partial charge in [-0.2, -0.15) is 0 Å². The molecule has 0 aromatic heterocycles. The number of nitrogens with one attached hydrogen (secondary N) is 2. The largest absolute Gasteiger partial charge is 0.381 e. The van der Waals surface area contributed by atoms with Crippen LogP contribution in [0.3, 0.4) is 0 Å². The van der Waals surface area contributed by atoms with Crippen LogP contribution in [0.4, 0.5) is 0 Å². The number of nitrogens with zero attached hydrogens (tertiary/aromatic N) is 1. The number of ether oxygens (including phenoxy) is 2. The Kier molecular flexibility index (Phi) is 11.0. The molecule has 1 heterocycles. The maximum absolute atomic E-state index is 6.02. The summed E-state index contributed by atoms with van der Waals surface area (Å²) in [7, 11) is 0. The molecule has 7 heteroatoms. The monoisotopic (exact) mass is 535 g/mol. The number of rotatable bonds is 10. The van der Waals surface area contributed by atoms with Crippen molar-refractivity contribution in [2.45, 2.75) is 44.4 Å². The Labute approximate surface area is 197 Å². The van der Waals surface area contributed by atoms with Crippen LogP contribution >= 0.6 is 35.6 Å². The molecule has 0 radical (unpaired) electrons. The third-order valence-electron chi connectivity index (χ3n) is 5.65. The van der Waals surface area contributed by atoms with Crippen molar-refractivity contribution in [3.05, 3.63) is 34.9 Å². The van der Waals surface area contributed by atoms with Crippen molar-refractivity contribution >= 4 is 41.5 Å². The van der Waals surface area contributed by atoms with Gasteiger partial charge in [0, 0.05) is 50.0 Å². The van der Waals surface area contributed by atoms with Crippen molar-refractivity contribution in [2.24, 2.45) is 10.9 Å². The molecule has 164 valence electrons. The molecule has 0 unspecified atom stereocenters. The molecule has 2 aliphatic rings. The Hall–Kier alpha value is -0.570. The first-order valence-electron chi connectivity index (χ1n) is 10.7. The second-order valence-corrected chi connectivity index (χ2v) is 8.33. The molecule has 0 amide bonds. The Morgan fingerprint density at radius 2 is 1.93 bits per heavy atom. The van der Waals surface area contributed by atoms with Crippen molar-refractivity contribution in [1.82, 2.24) is 10.6 Å². The van der Waals surface area contributed by atoms with Crippen LogP contribution in [0.1, 0.15) is 44.6 Å². The molecule has 2 fully saturated rings. The number of halogens is 2. The number of guanidine groups is 1. The molecule has 3 rings (SSSR count). The molecule has 0 atom stereocenters. The molecule has 1 saturated carbocycles. The lowest BCUT2D eigenvalue weighted by molar-refractivity contribution is 0.0203. The molecular weight excluding hydrogens is 501 g/mol. The van der Waals surface area contributed by atoms with Crippen LogP contribution < -0.4 is 10.6 Å². The zero-order valence-electron chi connectivity index (χ0n) is 17.4. The SMILES string of the molecule is CCNC(=NCC1(c2ccc(Cl)cc2)CC1)NCCCOCC1CCOCC1.I. The van der Waals surface area contributed by atoms with E-state index in [9.17, 15) is 0 Å². The Bertz CT molecular complexity index is 617. The number of aliphatic imine (C=N–C) groups is 1. The molecule has 1 aromatic rings. The summed E-state index contributed by atoms with van der Waals surface area (Å²) in [6, 6.07) is 8.23. The maximum atomic E-state index is 6.02. The third kappa shape index (κ3) is 8.23. The molecule has 2 N–H and O–H groups in total. The van der Waals surface area contributed by atoms with E-state index in [0.717, 1.165) is 76.3 Å². The number of hydrogen-bond acceptors (Lipinski definition) is 3. The minimum absolute atomic E-state index is 0. The van der Waals surface area contributed by atoms with Gasteiger partial charge in [-0.05, 0) is 62.6 Å². The maximum Gasteiger partial charge on any atom is 0.191 e. The van der Waals surface area contributed by atoms with Crippen LogP contribution in [0.15, 0.2) is 29.3 Å². The van der Waals surface area contributed by atoms with Gasteiger partial charge in [-0.3, -0.25) is 4.99 Å². The Morgan fingerprint density at radius 1 is 1.21 bits per heavy atom. The van der Waals surface area contributed by atoms with E-state index in [1.54, 1.807) is 0 Å². The topological polar surface area (TPSA) is 54.9 Å². The van der Waals surface area contributed by atoms with Crippen LogP contribution in [0.2, 0.25) is 5.02 Å². The Morgan fingerprint density at radius 3 is 2.59 bits per heavy atom. The summed E-state index contributed by atoms with van der Waals surface area (Å²) >= 11 is 6.02. The van der Waals surface area contributed by atoms with E-state index >= 15 is 0 Å². The number of hydrogen-bond donors (Lipinski definition) is 2. The van der Waals surface area contributed by atoms with Crippen LogP contribution in [-0.2, 0) is 14.9 Å². The zero-order valence-corrected chi connectivity index (χ0v) is 20.5. The summed E-state index contributed by atoms with van der Waals surface area (Å²) in [4.78, 5) is 4.84. The van der Waals surface area contributed by atoms with Gasteiger partial charge >= 0.3 is 0 Å². The average Bonchev–Trinajstić information content (AvgIpc) is 3.51. The summed E-state index contributed by atoms with van der Waals surface area (Å²) in [5.41, 5.74) is 1.54. The number of benzene rings is 1. The predicted octanol–water partition coefficient (Wildman–Crippen LogP) is 4.38. The smallest absolute Gasteiger partial charge is 0.191 e. The molecule has 5 nitrogen and oxygen atoms in total. The van der Waals surface area contributed by atoms with E-state index in [1.807, 2.05) is 12.1 Å². The molecule has 1 aliphatic heterocycles. The van der Waals surface area contributed by atoms with Gasteiger partial charge in [0.25, 0.3) is 0 Å². The van der Waals surface area contributed by atoms with Gasteiger partial charge in [-0.1, -0.05) is 23.7 Å². The molecule has 1 aromatic carbocycles. The minimum atomic E-state index is 0. The molecule has 29 heavy (non-hydrogen) atoms. The van der Waals surface area contributed by atoms with Gasteiger partial charge in [-0.15, -0.1) is 24.0 Å². The average molecular weight is 536 g/mol. The van der Waals surface area contributed by atoms with E-state index in [-0.39, 0.29) is 29.4 Å². The fourth-order valence-corrected chi connectivity index (χ4v) is 3.73. The fraction of sp³-hybridized carbons (Fsp3) is 0.682. The fourth-order valence-electron chi connectivity index (χ4n) is 3.61. The van der Waals surface area contributed by atoms with Crippen molar-refractivity contribution in [1.29, 1.82) is 0 Å². The molecule has 0 spiro atoms. The first-order valence-corrected chi connectivity index (χ1v) is 11.0. The minimum Gasteiger partial charge on any atom is -0.381 e. The lowest BCUT2D eigenvalue weighted by atomic mass is 9.96. The standard InChI is InChI=1S/C22H34ClN3O2.HI/c1-2-24-21(25-12-3-13-28-16-18-8-14-27-15-9-18)26-17-22(10-11-22)19-4-6-20(23)7-5-19;/h4-7,18H,2-3,8-17H2,1H3,(H2,24,25,26);1H. The first kappa shape index (κ1) is 24.7. The second-order valence-electron chi connectivity index (χ2n) is 7.89. The highest BCUT2D eigenvalue weighted by Crippen LogP contribution is 2.48. The quantitative estimate of drug-likeness (QED) is 0.202.